The van der Waals surface area contributed by atoms with Gasteiger partial charge in [-0.25, -0.2) is 17.9 Å². The minimum absolute atomic E-state index is 0.000865. The van der Waals surface area contributed by atoms with Crippen molar-refractivity contribution in [3.8, 4) is 0 Å². The van der Waals surface area contributed by atoms with E-state index in [2.05, 4.69) is 14.4 Å². The van der Waals surface area contributed by atoms with E-state index in [0.717, 1.165) is 37.0 Å². The molecule has 1 saturated carbocycles. The van der Waals surface area contributed by atoms with Crippen LogP contribution in [0.2, 0.25) is 0 Å². The van der Waals surface area contributed by atoms with Crippen molar-refractivity contribution in [2.24, 2.45) is 0 Å². The molecule has 0 atom stereocenters. The first-order valence-corrected chi connectivity index (χ1v) is 10.0. The number of nitrogens with zero attached hydrogens (tertiary/aromatic N) is 1. The van der Waals surface area contributed by atoms with Gasteiger partial charge in [0.2, 0.25) is 10.0 Å². The van der Waals surface area contributed by atoms with Crippen LogP contribution in [0.4, 0.5) is 0 Å². The second-order valence-electron chi connectivity index (χ2n) is 6.11. The number of ether oxygens (including phenoxy) is 1. The predicted octanol–water partition coefficient (Wildman–Crippen LogP) is 2.08. The first-order chi connectivity index (χ1) is 10.8. The normalized spacial score (nSPS) is 18.1. The maximum atomic E-state index is 12.6. The fraction of sp³-hybridized carbons (Fsp3) is 0.667. The second kappa shape index (κ2) is 7.29. The van der Waals surface area contributed by atoms with E-state index < -0.39 is 16.0 Å². The van der Waals surface area contributed by atoms with Crippen molar-refractivity contribution in [3.05, 3.63) is 16.3 Å². The lowest BCUT2D eigenvalue weighted by atomic mass is 9.81. The van der Waals surface area contributed by atoms with Crippen molar-refractivity contribution in [1.29, 1.82) is 0 Å². The smallest absolute Gasteiger partial charge is 0.349 e. The number of carbonyl (C=O) groups is 1. The van der Waals surface area contributed by atoms with E-state index in [9.17, 15) is 13.2 Å². The van der Waals surface area contributed by atoms with E-state index in [0.29, 0.717) is 6.54 Å². The summed E-state index contributed by atoms with van der Waals surface area (Å²) in [5.41, 5.74) is -0.160. The Morgan fingerprint density at radius 1 is 1.35 bits per heavy atom. The number of nitrogens with one attached hydrogen (secondary N) is 1. The molecule has 1 fully saturated rings. The average molecular weight is 361 g/mol. The number of hydrogen-bond donors (Lipinski definition) is 1. The quantitative estimate of drug-likeness (QED) is 0.786. The monoisotopic (exact) mass is 360 g/mol. The molecule has 1 heterocycles. The summed E-state index contributed by atoms with van der Waals surface area (Å²) in [6.45, 7) is 0.346. The Balaban J connectivity index is 2.18. The maximum absolute atomic E-state index is 12.6. The minimum Gasteiger partial charge on any atom is -0.465 e. The summed E-state index contributed by atoms with van der Waals surface area (Å²) in [6.07, 6.45) is 5.34. The molecule has 0 amide bonds. The lowest BCUT2D eigenvalue weighted by Gasteiger charge is -2.43. The SMILES string of the molecule is COC(=O)c1sccc1S(=O)(=O)NCC1(N(C)C)CCCCC1. The van der Waals surface area contributed by atoms with Crippen LogP contribution in [0.25, 0.3) is 0 Å². The van der Waals surface area contributed by atoms with Gasteiger partial charge in [-0.15, -0.1) is 11.3 Å². The Bertz CT molecular complexity index is 646. The van der Waals surface area contributed by atoms with Crippen molar-refractivity contribution in [1.82, 2.24) is 9.62 Å². The lowest BCUT2D eigenvalue weighted by molar-refractivity contribution is 0.0602. The minimum atomic E-state index is -3.74. The molecule has 2 rings (SSSR count). The molecule has 0 aromatic carbocycles. The third kappa shape index (κ3) is 3.93. The third-order valence-electron chi connectivity index (χ3n) is 4.61. The summed E-state index contributed by atoms with van der Waals surface area (Å²) in [7, 11) is 1.48. The van der Waals surface area contributed by atoms with Crippen molar-refractivity contribution < 1.29 is 17.9 Å². The summed E-state index contributed by atoms with van der Waals surface area (Å²) < 4.78 is 32.6. The number of methoxy groups -OCH3 is 1. The Labute approximate surface area is 141 Å². The fourth-order valence-corrected chi connectivity index (χ4v) is 5.50. The van der Waals surface area contributed by atoms with Crippen LogP contribution in [-0.2, 0) is 14.8 Å². The number of hydrogen-bond acceptors (Lipinski definition) is 6. The van der Waals surface area contributed by atoms with Crippen molar-refractivity contribution >= 4 is 27.3 Å². The van der Waals surface area contributed by atoms with E-state index in [1.165, 1.54) is 19.6 Å². The maximum Gasteiger partial charge on any atom is 0.349 e. The Morgan fingerprint density at radius 2 is 2.00 bits per heavy atom. The average Bonchev–Trinajstić information content (AvgIpc) is 3.03. The van der Waals surface area contributed by atoms with E-state index in [4.69, 9.17) is 0 Å². The van der Waals surface area contributed by atoms with Crippen LogP contribution in [0.15, 0.2) is 16.3 Å². The molecule has 1 aliphatic rings. The molecule has 0 saturated heterocycles. The van der Waals surface area contributed by atoms with Crippen LogP contribution >= 0.6 is 11.3 Å². The summed E-state index contributed by atoms with van der Waals surface area (Å²) in [5, 5.41) is 1.59. The molecule has 1 aromatic rings. The summed E-state index contributed by atoms with van der Waals surface area (Å²) in [6, 6.07) is 1.45. The summed E-state index contributed by atoms with van der Waals surface area (Å²) in [5.74, 6) is -0.625. The number of likely N-dealkylation sites (N-methyl/N-ethyl adjacent to an activating group) is 1. The number of rotatable bonds is 6. The van der Waals surface area contributed by atoms with Crippen molar-refractivity contribution in [2.75, 3.05) is 27.7 Å². The zero-order valence-electron chi connectivity index (χ0n) is 13.8. The highest BCUT2D eigenvalue weighted by Crippen LogP contribution is 2.32. The van der Waals surface area contributed by atoms with Gasteiger partial charge in [-0.2, -0.15) is 0 Å². The number of esters is 1. The van der Waals surface area contributed by atoms with Gasteiger partial charge in [0, 0.05) is 12.1 Å². The van der Waals surface area contributed by atoms with Gasteiger partial charge in [-0.3, -0.25) is 0 Å². The van der Waals surface area contributed by atoms with Crippen LogP contribution < -0.4 is 4.72 Å². The number of carbonyl (C=O) groups excluding carboxylic acids is 1. The van der Waals surface area contributed by atoms with Crippen LogP contribution in [-0.4, -0.2) is 52.6 Å². The molecule has 23 heavy (non-hydrogen) atoms. The van der Waals surface area contributed by atoms with Crippen molar-refractivity contribution in [3.63, 3.8) is 0 Å². The van der Waals surface area contributed by atoms with Crippen LogP contribution in [0.1, 0.15) is 41.8 Å². The molecule has 0 bridgehead atoms. The van der Waals surface area contributed by atoms with Gasteiger partial charge in [0.05, 0.1) is 7.11 Å². The van der Waals surface area contributed by atoms with Gasteiger partial charge in [0.25, 0.3) is 0 Å². The van der Waals surface area contributed by atoms with Gasteiger partial charge >= 0.3 is 5.97 Å². The van der Waals surface area contributed by atoms with Gasteiger partial charge in [0.15, 0.2) is 0 Å². The Kier molecular flexibility index (Phi) is 5.83. The molecule has 130 valence electrons. The summed E-state index contributed by atoms with van der Waals surface area (Å²) in [4.78, 5) is 13.9. The molecule has 1 aliphatic carbocycles. The largest absolute Gasteiger partial charge is 0.465 e. The fourth-order valence-electron chi connectivity index (χ4n) is 3.05. The van der Waals surface area contributed by atoms with E-state index in [1.807, 2.05) is 14.1 Å². The molecule has 1 aromatic heterocycles. The molecular weight excluding hydrogens is 336 g/mol. The highest BCUT2D eigenvalue weighted by atomic mass is 32.2. The zero-order valence-corrected chi connectivity index (χ0v) is 15.4. The highest BCUT2D eigenvalue weighted by molar-refractivity contribution is 7.89. The van der Waals surface area contributed by atoms with E-state index in [1.54, 1.807) is 5.38 Å². The molecule has 1 N–H and O–H groups in total. The standard InChI is InChI=1S/C15H24N2O4S2/c1-17(2)15(8-5-4-6-9-15)11-16-23(19,20)12-7-10-22-13(12)14(18)21-3/h7,10,16H,4-6,8-9,11H2,1-3H3. The molecule has 0 aliphatic heterocycles. The number of thiophene rings is 1. The molecule has 0 radical (unpaired) electrons. The lowest BCUT2D eigenvalue weighted by Crippen LogP contribution is -2.53. The van der Waals surface area contributed by atoms with E-state index in [-0.39, 0.29) is 15.3 Å². The second-order valence-corrected chi connectivity index (χ2v) is 8.76. The van der Waals surface area contributed by atoms with Crippen molar-refractivity contribution in [2.45, 2.75) is 42.5 Å². The van der Waals surface area contributed by atoms with Gasteiger partial charge in [-0.05, 0) is 38.4 Å². The van der Waals surface area contributed by atoms with Crippen LogP contribution in [0.3, 0.4) is 0 Å². The molecular formula is C15H24N2O4S2. The number of sulfonamides is 1. The Morgan fingerprint density at radius 3 is 2.57 bits per heavy atom. The molecule has 6 nitrogen and oxygen atoms in total. The van der Waals surface area contributed by atoms with Crippen LogP contribution in [0.5, 0.6) is 0 Å². The van der Waals surface area contributed by atoms with Gasteiger partial charge in [-0.1, -0.05) is 19.3 Å². The molecule has 0 unspecified atom stereocenters. The third-order valence-corrected chi connectivity index (χ3v) is 7.08. The van der Waals surface area contributed by atoms with Gasteiger partial charge < -0.3 is 9.64 Å². The summed E-state index contributed by atoms with van der Waals surface area (Å²) >= 11 is 1.07. The topological polar surface area (TPSA) is 75.7 Å². The predicted molar refractivity (Wildman–Crippen MR) is 90.4 cm³/mol. The Hall–Kier alpha value is -0.960. The molecule has 8 heteroatoms. The van der Waals surface area contributed by atoms with Crippen LogP contribution in [0, 0.1) is 0 Å². The molecule has 0 spiro atoms. The first-order valence-electron chi connectivity index (χ1n) is 7.65. The first kappa shape index (κ1) is 18.4. The van der Waals surface area contributed by atoms with Gasteiger partial charge in [0.1, 0.15) is 9.77 Å². The zero-order chi connectivity index (χ0) is 17.1. The highest BCUT2D eigenvalue weighted by Gasteiger charge is 2.36. The van der Waals surface area contributed by atoms with E-state index >= 15 is 0 Å².